The lowest BCUT2D eigenvalue weighted by molar-refractivity contribution is -0.147. The van der Waals surface area contributed by atoms with Crippen molar-refractivity contribution < 1.29 is 19.1 Å². The summed E-state index contributed by atoms with van der Waals surface area (Å²) in [7, 11) is 0. The molecular weight excluding hydrogens is 551 g/mol. The Hall–Kier alpha value is -3.75. The first-order valence-electron chi connectivity index (χ1n) is 13.0. The molecule has 0 saturated heterocycles. The van der Waals surface area contributed by atoms with Gasteiger partial charge in [-0.15, -0.1) is 0 Å². The number of anilines is 1. The lowest BCUT2D eigenvalue weighted by Crippen LogP contribution is -2.51. The Labute approximate surface area is 243 Å². The van der Waals surface area contributed by atoms with E-state index in [4.69, 9.17) is 33.7 Å². The Morgan fingerprint density at radius 1 is 1.02 bits per heavy atom. The van der Waals surface area contributed by atoms with Gasteiger partial charge in [0.1, 0.15) is 12.6 Å². The summed E-state index contributed by atoms with van der Waals surface area (Å²) in [6.07, 6.45) is 1.67. The van der Waals surface area contributed by atoms with Gasteiger partial charge >= 0.3 is 12.0 Å². The molecule has 2 atom stereocenters. The summed E-state index contributed by atoms with van der Waals surface area (Å²) in [4.78, 5) is 39.1. The Morgan fingerprint density at radius 3 is 2.48 bits per heavy atom. The third-order valence-electron chi connectivity index (χ3n) is 7.06. The fourth-order valence-electron chi connectivity index (χ4n) is 4.80. The molecule has 0 fully saturated rings. The fourth-order valence-corrected chi connectivity index (χ4v) is 5.34. The zero-order chi connectivity index (χ0) is 28.9. The summed E-state index contributed by atoms with van der Waals surface area (Å²) in [6, 6.07) is 18.2. The lowest BCUT2D eigenvalue weighted by Gasteiger charge is -2.37. The van der Waals surface area contributed by atoms with Gasteiger partial charge in [-0.05, 0) is 47.1 Å². The van der Waals surface area contributed by atoms with Gasteiger partial charge in [0.15, 0.2) is 0 Å². The molecule has 4 rings (SSSR count). The Bertz CT molecular complexity index is 1400. The molecule has 0 aromatic heterocycles. The van der Waals surface area contributed by atoms with Crippen LogP contribution in [0.4, 0.5) is 10.5 Å². The van der Waals surface area contributed by atoms with Crippen molar-refractivity contribution in [3.63, 3.8) is 0 Å². The zero-order valence-corrected chi connectivity index (χ0v) is 23.8. The summed E-state index contributed by atoms with van der Waals surface area (Å²) in [5.74, 6) is -1.46. The summed E-state index contributed by atoms with van der Waals surface area (Å²) < 4.78 is 5.45. The molecule has 10 heteroatoms. The average Bonchev–Trinajstić information content (AvgIpc) is 2.94. The molecule has 3 aromatic rings. The molecule has 210 valence electrons. The fraction of sp³-hybridized carbons (Fsp3) is 0.300. The molecule has 1 unspecified atom stereocenters. The molecule has 0 spiro atoms. The molecular formula is C30H32Cl2N4O4. The maximum absolute atomic E-state index is 13.1. The maximum atomic E-state index is 13.1. The monoisotopic (exact) mass is 582 g/mol. The highest BCUT2D eigenvalue weighted by Gasteiger charge is 2.33. The number of fused-ring (bicyclic) bond motifs is 1. The van der Waals surface area contributed by atoms with Crippen molar-refractivity contribution >= 4 is 46.8 Å². The number of hydrogen-bond donors (Lipinski definition) is 4. The van der Waals surface area contributed by atoms with Crippen molar-refractivity contribution in [2.24, 2.45) is 0 Å². The van der Waals surface area contributed by atoms with Crippen LogP contribution < -0.4 is 21.7 Å². The number of nitrogens with two attached hydrogens (primary N) is 1. The smallest absolute Gasteiger partial charge is 0.330 e. The van der Waals surface area contributed by atoms with Crippen LogP contribution in [-0.2, 0) is 21.6 Å². The number of esters is 1. The number of carbonyl (C=O) groups excluding carboxylic acids is 3. The standard InChI is InChI=1S/C30H32Cl2N4O4/c1-30(2)15-14-23(19-10-6-7-11-20(19)30)36-29(39)34-16-24(28(38)40-17-18-8-4-3-5-9-18)35-27(37)25-21(31)12-13-22(33)26(25)32/h3-13,23-24H,14-17,33H2,1-2H3,(H,35,37)(H2,34,36,39)/t23?,24-/m0/s1. The first kappa shape index (κ1) is 29.2. The van der Waals surface area contributed by atoms with Gasteiger partial charge in [-0.1, -0.05) is 91.6 Å². The zero-order valence-electron chi connectivity index (χ0n) is 22.3. The predicted molar refractivity (Wildman–Crippen MR) is 156 cm³/mol. The summed E-state index contributed by atoms with van der Waals surface area (Å²) >= 11 is 12.4. The molecule has 8 nitrogen and oxygen atoms in total. The number of urea groups is 1. The van der Waals surface area contributed by atoms with E-state index >= 15 is 0 Å². The predicted octanol–water partition coefficient (Wildman–Crippen LogP) is 5.53. The van der Waals surface area contributed by atoms with Crippen molar-refractivity contribution in [2.75, 3.05) is 12.3 Å². The van der Waals surface area contributed by atoms with E-state index in [-0.39, 0.29) is 45.9 Å². The van der Waals surface area contributed by atoms with Crippen LogP contribution in [0.15, 0.2) is 66.7 Å². The first-order valence-corrected chi connectivity index (χ1v) is 13.7. The maximum Gasteiger partial charge on any atom is 0.330 e. The summed E-state index contributed by atoms with van der Waals surface area (Å²) in [6.45, 7) is 4.14. The number of ether oxygens (including phenoxy) is 1. The normalized spacial score (nSPS) is 16.2. The molecule has 5 N–H and O–H groups in total. The van der Waals surface area contributed by atoms with Gasteiger partial charge in [0.2, 0.25) is 0 Å². The minimum Gasteiger partial charge on any atom is -0.459 e. The van der Waals surface area contributed by atoms with Crippen LogP contribution in [0.3, 0.4) is 0 Å². The summed E-state index contributed by atoms with van der Waals surface area (Å²) in [5.41, 5.74) is 8.96. The van der Waals surface area contributed by atoms with Crippen molar-refractivity contribution in [1.82, 2.24) is 16.0 Å². The summed E-state index contributed by atoms with van der Waals surface area (Å²) in [5, 5.41) is 8.32. The van der Waals surface area contributed by atoms with E-state index < -0.39 is 23.9 Å². The van der Waals surface area contributed by atoms with Crippen molar-refractivity contribution in [2.45, 2.75) is 50.8 Å². The third-order valence-corrected chi connectivity index (χ3v) is 7.78. The van der Waals surface area contributed by atoms with Crippen LogP contribution >= 0.6 is 23.2 Å². The molecule has 0 heterocycles. The van der Waals surface area contributed by atoms with Crippen LogP contribution in [0, 0.1) is 0 Å². The molecule has 1 aliphatic rings. The Kier molecular flexibility index (Phi) is 9.22. The Morgan fingerprint density at radius 2 is 1.73 bits per heavy atom. The molecule has 0 saturated carbocycles. The highest BCUT2D eigenvalue weighted by molar-refractivity contribution is 6.41. The van der Waals surface area contributed by atoms with Crippen LogP contribution in [0.5, 0.6) is 0 Å². The third kappa shape index (κ3) is 6.87. The second-order valence-electron chi connectivity index (χ2n) is 10.4. The molecule has 0 radical (unpaired) electrons. The van der Waals surface area contributed by atoms with E-state index in [1.54, 1.807) is 0 Å². The number of benzene rings is 3. The molecule has 3 aromatic carbocycles. The van der Waals surface area contributed by atoms with Crippen LogP contribution in [0.1, 0.15) is 59.8 Å². The molecule has 3 amide bonds. The van der Waals surface area contributed by atoms with Gasteiger partial charge in [0, 0.05) is 0 Å². The van der Waals surface area contributed by atoms with E-state index in [0.29, 0.717) is 0 Å². The van der Waals surface area contributed by atoms with Crippen LogP contribution in [0.2, 0.25) is 10.0 Å². The molecule has 0 bridgehead atoms. The van der Waals surface area contributed by atoms with Gasteiger partial charge in [-0.2, -0.15) is 0 Å². The number of nitrogens with one attached hydrogen (secondary N) is 3. The van der Waals surface area contributed by atoms with E-state index in [2.05, 4.69) is 35.9 Å². The lowest BCUT2D eigenvalue weighted by atomic mass is 9.71. The van der Waals surface area contributed by atoms with Gasteiger partial charge in [0.05, 0.1) is 33.9 Å². The largest absolute Gasteiger partial charge is 0.459 e. The topological polar surface area (TPSA) is 123 Å². The number of rotatable bonds is 8. The molecule has 0 aliphatic heterocycles. The van der Waals surface area contributed by atoms with Gasteiger partial charge in [-0.25, -0.2) is 9.59 Å². The van der Waals surface area contributed by atoms with Gasteiger partial charge < -0.3 is 26.4 Å². The molecule has 40 heavy (non-hydrogen) atoms. The van der Waals surface area contributed by atoms with Gasteiger partial charge in [0.25, 0.3) is 5.91 Å². The van der Waals surface area contributed by atoms with Crippen molar-refractivity contribution in [1.29, 1.82) is 0 Å². The second-order valence-corrected chi connectivity index (χ2v) is 11.1. The van der Waals surface area contributed by atoms with Crippen molar-refractivity contribution in [3.8, 4) is 0 Å². The molecule has 1 aliphatic carbocycles. The van der Waals surface area contributed by atoms with Crippen LogP contribution in [0.25, 0.3) is 0 Å². The second kappa shape index (κ2) is 12.6. The highest BCUT2D eigenvalue weighted by atomic mass is 35.5. The number of nitrogen functional groups attached to an aromatic ring is 1. The number of amides is 3. The van der Waals surface area contributed by atoms with Gasteiger partial charge in [-0.3, -0.25) is 4.79 Å². The van der Waals surface area contributed by atoms with E-state index in [9.17, 15) is 14.4 Å². The quantitative estimate of drug-likeness (QED) is 0.205. The number of carbonyl (C=O) groups is 3. The van der Waals surface area contributed by atoms with E-state index in [1.807, 2.05) is 48.5 Å². The SMILES string of the molecule is CC1(C)CCC(NC(=O)NC[C@H](NC(=O)c2c(Cl)ccc(N)c2Cl)C(=O)OCc2ccccc2)c2ccccc21. The Balaban J connectivity index is 1.46. The average molecular weight is 584 g/mol. The minimum absolute atomic E-state index is 0.00647. The van der Waals surface area contributed by atoms with E-state index in [0.717, 1.165) is 24.0 Å². The highest BCUT2D eigenvalue weighted by Crippen LogP contribution is 2.41. The minimum atomic E-state index is -1.23. The van der Waals surface area contributed by atoms with Crippen LogP contribution in [-0.4, -0.2) is 30.5 Å². The van der Waals surface area contributed by atoms with Crippen molar-refractivity contribution in [3.05, 3.63) is 99.0 Å². The first-order chi connectivity index (χ1) is 19.1. The number of halogens is 2. The van der Waals surface area contributed by atoms with E-state index in [1.165, 1.54) is 17.7 Å². The number of hydrogen-bond acceptors (Lipinski definition) is 5.